The van der Waals surface area contributed by atoms with Crippen LogP contribution in [0.4, 0.5) is 5.82 Å². The quantitative estimate of drug-likeness (QED) is 0.617. The molecule has 0 saturated heterocycles. The number of aliphatic hydroxyl groups is 1. The zero-order valence-corrected chi connectivity index (χ0v) is 13.7. The van der Waals surface area contributed by atoms with Crippen LogP contribution in [-0.4, -0.2) is 37.7 Å². The highest BCUT2D eigenvalue weighted by Crippen LogP contribution is 2.28. The Morgan fingerprint density at radius 3 is 2.79 bits per heavy atom. The Bertz CT molecular complexity index is 746. The Hall–Kier alpha value is -2.67. The molecule has 0 spiro atoms. The first-order chi connectivity index (χ1) is 11.7. The predicted molar refractivity (Wildman–Crippen MR) is 91.1 cm³/mol. The number of rotatable bonds is 7. The molecule has 0 bridgehead atoms. The molecule has 126 valence electrons. The molecule has 7 heteroatoms. The number of aromatic amines is 1. The third kappa shape index (κ3) is 3.46. The van der Waals surface area contributed by atoms with Gasteiger partial charge in [-0.2, -0.15) is 4.98 Å². The predicted octanol–water partition coefficient (Wildman–Crippen LogP) is 2.63. The summed E-state index contributed by atoms with van der Waals surface area (Å²) in [5, 5.41) is 13.8. The lowest BCUT2D eigenvalue weighted by Gasteiger charge is -2.22. The maximum atomic E-state index is 10.5. The fourth-order valence-electron chi connectivity index (χ4n) is 2.43. The molecule has 2 heterocycles. The van der Waals surface area contributed by atoms with Gasteiger partial charge in [-0.3, -0.25) is 4.98 Å². The zero-order chi connectivity index (χ0) is 16.9. The van der Waals surface area contributed by atoms with Crippen LogP contribution in [0.3, 0.4) is 0 Å². The first-order valence-corrected chi connectivity index (χ1v) is 8.02. The summed E-state index contributed by atoms with van der Waals surface area (Å²) in [7, 11) is 0. The van der Waals surface area contributed by atoms with E-state index in [0.29, 0.717) is 30.0 Å². The van der Waals surface area contributed by atoms with Gasteiger partial charge in [0, 0.05) is 0 Å². The molecule has 3 N–H and O–H groups in total. The fourth-order valence-corrected chi connectivity index (χ4v) is 2.43. The van der Waals surface area contributed by atoms with E-state index in [4.69, 9.17) is 4.74 Å². The standard InChI is InChI=1S/C17H21N5O2/c1-3-9-24-17-21-15-13(18-10-19-15)16(22-17)20-11(2)14(23)12-7-5-4-6-8-12/h4-8,10-11,14,23H,3,9H2,1-2H3,(H2,18,19,20,21,22). The van der Waals surface area contributed by atoms with Crippen LogP contribution in [-0.2, 0) is 0 Å². The van der Waals surface area contributed by atoms with Gasteiger partial charge >= 0.3 is 0 Å². The average molecular weight is 327 g/mol. The molecule has 0 aromatic heterocycles. The Labute approximate surface area is 140 Å². The minimum absolute atomic E-state index is 0.245. The third-order valence-corrected chi connectivity index (χ3v) is 3.68. The molecule has 1 aromatic rings. The Morgan fingerprint density at radius 1 is 1.25 bits per heavy atom. The second-order valence-electron chi connectivity index (χ2n) is 5.60. The lowest BCUT2D eigenvalue weighted by atomic mass is 10.0. The summed E-state index contributed by atoms with van der Waals surface area (Å²) in [6, 6.07) is 9.66. The number of fused-ring (bicyclic) bond motifs is 1. The smallest absolute Gasteiger partial charge is 0.297 e. The number of aliphatic hydroxyl groups excluding tert-OH is 1. The second kappa shape index (κ2) is 7.27. The number of hydrogen-bond acceptors (Lipinski definition) is 6. The first kappa shape index (κ1) is 16.2. The molecule has 0 amide bonds. The number of aromatic nitrogens is 4. The maximum Gasteiger partial charge on any atom is 0.297 e. The Balaban J connectivity index is 1.82. The Kier molecular flexibility index (Phi) is 4.90. The summed E-state index contributed by atoms with van der Waals surface area (Å²) in [5.74, 6) is 1.13. The van der Waals surface area contributed by atoms with Crippen molar-refractivity contribution >= 4 is 5.82 Å². The zero-order valence-electron chi connectivity index (χ0n) is 13.7. The summed E-state index contributed by atoms with van der Waals surface area (Å²) in [6.45, 7) is 4.49. The number of hydrogen-bond donors (Lipinski definition) is 3. The molecule has 3 rings (SSSR count). The van der Waals surface area contributed by atoms with E-state index in [0.717, 1.165) is 12.0 Å². The molecule has 2 aliphatic heterocycles. The van der Waals surface area contributed by atoms with Gasteiger partial charge in [-0.05, 0) is 18.9 Å². The molecular weight excluding hydrogens is 306 g/mol. The number of H-pyrrole nitrogens is 1. The highest BCUT2D eigenvalue weighted by molar-refractivity contribution is 5.67. The van der Waals surface area contributed by atoms with Gasteiger partial charge < -0.3 is 15.2 Å². The normalized spacial score (nSPS) is 13.6. The largest absolute Gasteiger partial charge is 0.465 e. The SMILES string of the molecule is CCCOc1nc2ncnc-2c(NC(C)C(O)c2ccccc2)[nH]1. The van der Waals surface area contributed by atoms with Crippen molar-refractivity contribution in [2.75, 3.05) is 11.9 Å². The van der Waals surface area contributed by atoms with Crippen LogP contribution in [0.5, 0.6) is 6.01 Å². The summed E-state index contributed by atoms with van der Waals surface area (Å²) < 4.78 is 5.56. The van der Waals surface area contributed by atoms with Crippen molar-refractivity contribution in [2.24, 2.45) is 0 Å². The molecule has 1 aromatic carbocycles. The van der Waals surface area contributed by atoms with Crippen molar-refractivity contribution in [1.82, 2.24) is 19.9 Å². The van der Waals surface area contributed by atoms with Crippen molar-refractivity contribution < 1.29 is 9.84 Å². The van der Waals surface area contributed by atoms with Crippen molar-refractivity contribution in [1.29, 1.82) is 0 Å². The summed E-state index contributed by atoms with van der Waals surface area (Å²) in [5.41, 5.74) is 1.46. The number of imidazole rings is 1. The summed E-state index contributed by atoms with van der Waals surface area (Å²) in [6.07, 6.45) is 1.68. The molecule has 0 aliphatic carbocycles. The van der Waals surface area contributed by atoms with Gasteiger partial charge in [0.05, 0.1) is 18.8 Å². The minimum Gasteiger partial charge on any atom is -0.465 e. The minimum atomic E-state index is -0.661. The molecule has 7 nitrogen and oxygen atoms in total. The van der Waals surface area contributed by atoms with E-state index >= 15 is 0 Å². The van der Waals surface area contributed by atoms with Crippen molar-refractivity contribution in [3.63, 3.8) is 0 Å². The fraction of sp³-hybridized carbons (Fsp3) is 0.353. The number of nitrogens with zero attached hydrogens (tertiary/aromatic N) is 3. The molecular formula is C17H21N5O2. The molecule has 2 aliphatic rings. The van der Waals surface area contributed by atoms with Crippen LogP contribution >= 0.6 is 0 Å². The van der Waals surface area contributed by atoms with Crippen LogP contribution in [0.1, 0.15) is 31.9 Å². The summed E-state index contributed by atoms with van der Waals surface area (Å²) in [4.78, 5) is 15.7. The van der Waals surface area contributed by atoms with Crippen LogP contribution in [0.15, 0.2) is 36.7 Å². The Morgan fingerprint density at radius 2 is 2.04 bits per heavy atom. The second-order valence-corrected chi connectivity index (χ2v) is 5.60. The van der Waals surface area contributed by atoms with E-state index in [1.54, 1.807) is 0 Å². The van der Waals surface area contributed by atoms with Gasteiger partial charge in [0.15, 0.2) is 11.5 Å². The number of ether oxygens (including phenoxy) is 1. The van der Waals surface area contributed by atoms with Crippen molar-refractivity contribution in [3.05, 3.63) is 42.2 Å². The van der Waals surface area contributed by atoms with Crippen LogP contribution in [0.25, 0.3) is 11.5 Å². The number of benzene rings is 1. The van der Waals surface area contributed by atoms with E-state index in [9.17, 15) is 5.11 Å². The van der Waals surface area contributed by atoms with Crippen molar-refractivity contribution in [2.45, 2.75) is 32.4 Å². The van der Waals surface area contributed by atoms with Crippen LogP contribution in [0, 0.1) is 0 Å². The van der Waals surface area contributed by atoms with E-state index in [1.807, 2.05) is 44.2 Å². The lowest BCUT2D eigenvalue weighted by Crippen LogP contribution is -2.25. The van der Waals surface area contributed by atoms with Gasteiger partial charge in [0.25, 0.3) is 6.01 Å². The summed E-state index contributed by atoms with van der Waals surface area (Å²) >= 11 is 0. The van der Waals surface area contributed by atoms with Gasteiger partial charge in [0.1, 0.15) is 12.1 Å². The topological polar surface area (TPSA) is 96.0 Å². The van der Waals surface area contributed by atoms with Crippen LogP contribution < -0.4 is 10.1 Å². The number of nitrogens with one attached hydrogen (secondary N) is 2. The lowest BCUT2D eigenvalue weighted by molar-refractivity contribution is 0.160. The molecule has 0 saturated carbocycles. The van der Waals surface area contributed by atoms with Gasteiger partial charge in [0.2, 0.25) is 0 Å². The molecule has 0 fully saturated rings. The van der Waals surface area contributed by atoms with E-state index in [1.165, 1.54) is 6.33 Å². The highest BCUT2D eigenvalue weighted by atomic mass is 16.5. The van der Waals surface area contributed by atoms with E-state index in [2.05, 4.69) is 25.3 Å². The van der Waals surface area contributed by atoms with Crippen molar-refractivity contribution in [3.8, 4) is 17.5 Å². The molecule has 2 atom stereocenters. The third-order valence-electron chi connectivity index (χ3n) is 3.68. The van der Waals surface area contributed by atoms with E-state index in [-0.39, 0.29) is 6.04 Å². The number of anilines is 1. The average Bonchev–Trinajstić information content (AvgIpc) is 3.09. The highest BCUT2D eigenvalue weighted by Gasteiger charge is 2.21. The maximum absolute atomic E-state index is 10.5. The molecule has 24 heavy (non-hydrogen) atoms. The molecule has 2 unspecified atom stereocenters. The van der Waals surface area contributed by atoms with E-state index < -0.39 is 6.10 Å². The van der Waals surface area contributed by atoms with Gasteiger partial charge in [-0.15, -0.1) is 0 Å². The van der Waals surface area contributed by atoms with Gasteiger partial charge in [-0.1, -0.05) is 37.3 Å². The van der Waals surface area contributed by atoms with Gasteiger partial charge in [-0.25, -0.2) is 9.97 Å². The monoisotopic (exact) mass is 327 g/mol. The first-order valence-electron chi connectivity index (χ1n) is 8.02. The van der Waals surface area contributed by atoms with Crippen LogP contribution in [0.2, 0.25) is 0 Å². The molecule has 0 radical (unpaired) electrons.